The van der Waals surface area contributed by atoms with E-state index < -0.39 is 28.7 Å². The van der Waals surface area contributed by atoms with Crippen LogP contribution in [0.2, 0.25) is 0 Å². The number of alkyl halides is 1. The van der Waals surface area contributed by atoms with E-state index in [0.717, 1.165) is 38.5 Å². The Hall–Kier alpha value is -1.32. The number of thioether (sulfide) groups is 1. The summed E-state index contributed by atoms with van der Waals surface area (Å²) in [6, 6.07) is -1.29. The number of esters is 1. The Morgan fingerprint density at radius 1 is 1.28 bits per heavy atom. The number of fused-ring (bicyclic) bond motifs is 1. The van der Waals surface area contributed by atoms with Crippen LogP contribution < -0.4 is 0 Å². The molecule has 1 spiro atoms. The van der Waals surface area contributed by atoms with E-state index in [1.54, 1.807) is 22.7 Å². The minimum absolute atomic E-state index is 0.0115. The number of aliphatic hydroxyl groups is 1. The van der Waals surface area contributed by atoms with E-state index in [-0.39, 0.29) is 46.4 Å². The maximum absolute atomic E-state index is 14.6. The second-order valence-corrected chi connectivity index (χ2v) is 14.1. The Morgan fingerprint density at radius 2 is 2.00 bits per heavy atom. The first kappa shape index (κ1) is 32.2. The number of hydrogen-bond acceptors (Lipinski definition) is 6. The van der Waals surface area contributed by atoms with Crippen molar-refractivity contribution in [2.75, 3.05) is 19.8 Å². The number of allylic oxidation sites excluding steroid dienone is 1. The number of carbonyl (C=O) groups excluding carboxylic acids is 3. The van der Waals surface area contributed by atoms with Crippen molar-refractivity contribution >= 4 is 45.5 Å². The molecule has 0 aliphatic carbocycles. The highest BCUT2D eigenvalue weighted by Crippen LogP contribution is 2.68. The van der Waals surface area contributed by atoms with Crippen molar-refractivity contribution in [1.82, 2.24) is 9.80 Å². The number of amides is 2. The zero-order valence-electron chi connectivity index (χ0n) is 24.0. The van der Waals surface area contributed by atoms with Gasteiger partial charge in [-0.1, -0.05) is 61.7 Å². The fourth-order valence-electron chi connectivity index (χ4n) is 6.80. The van der Waals surface area contributed by atoms with E-state index in [1.165, 1.54) is 0 Å². The fraction of sp³-hybridized carbons (Fsp3) is 0.767. The lowest BCUT2D eigenvalue weighted by atomic mass is 9.71. The van der Waals surface area contributed by atoms with Crippen molar-refractivity contribution in [2.24, 2.45) is 17.8 Å². The van der Waals surface area contributed by atoms with Crippen LogP contribution in [0.5, 0.6) is 0 Å². The van der Waals surface area contributed by atoms with Crippen molar-refractivity contribution in [2.45, 2.75) is 106 Å². The monoisotopic (exact) mass is 626 g/mol. The molecule has 0 aromatic heterocycles. The zero-order valence-corrected chi connectivity index (χ0v) is 26.4. The average Bonchev–Trinajstić information content (AvgIpc) is 3.50. The number of hydrogen-bond donors (Lipinski definition) is 1. The Balaban J connectivity index is 2.04. The number of carbonyl (C=O) groups is 3. The van der Waals surface area contributed by atoms with Crippen molar-refractivity contribution in [1.29, 1.82) is 0 Å². The number of likely N-dealkylation sites (tertiary alicyclic amines) is 1. The van der Waals surface area contributed by atoms with Crippen LogP contribution in [0.3, 0.4) is 0 Å². The topological polar surface area (TPSA) is 87.2 Å². The number of nitrogens with zero attached hydrogens (tertiary/aromatic N) is 2. The zero-order chi connectivity index (χ0) is 28.9. The molecule has 220 valence electrons. The van der Waals surface area contributed by atoms with Gasteiger partial charge < -0.3 is 19.6 Å². The number of ether oxygens (including phenoxy) is 1. The molecule has 1 N–H and O–H groups in total. The largest absolute Gasteiger partial charge is 0.465 e. The Morgan fingerprint density at radius 3 is 2.59 bits per heavy atom. The molecular formula is C30H47BrN2O5S. The third-order valence-electron chi connectivity index (χ3n) is 8.97. The summed E-state index contributed by atoms with van der Waals surface area (Å²) >= 11 is 5.43. The molecule has 0 saturated carbocycles. The molecule has 3 saturated heterocycles. The lowest BCUT2D eigenvalue weighted by molar-refractivity contribution is -0.155. The lowest BCUT2D eigenvalue weighted by Crippen LogP contribution is -2.60. The van der Waals surface area contributed by atoms with Gasteiger partial charge in [-0.15, -0.1) is 24.9 Å². The van der Waals surface area contributed by atoms with Crippen LogP contribution >= 0.6 is 27.7 Å². The summed E-state index contributed by atoms with van der Waals surface area (Å²) in [6.07, 6.45) is 9.20. The van der Waals surface area contributed by atoms with Gasteiger partial charge in [0.25, 0.3) is 0 Å². The van der Waals surface area contributed by atoms with Crippen LogP contribution in [0.4, 0.5) is 0 Å². The quantitative estimate of drug-likeness (QED) is 0.113. The third kappa shape index (κ3) is 6.01. The molecule has 7 nitrogen and oxygen atoms in total. The summed E-state index contributed by atoms with van der Waals surface area (Å²) in [6.45, 7) is 16.3. The molecule has 39 heavy (non-hydrogen) atoms. The van der Waals surface area contributed by atoms with Gasteiger partial charge in [-0.25, -0.2) is 0 Å². The van der Waals surface area contributed by atoms with Crippen LogP contribution in [-0.4, -0.2) is 85.4 Å². The predicted molar refractivity (Wildman–Crippen MR) is 161 cm³/mol. The van der Waals surface area contributed by atoms with Crippen LogP contribution in [0.25, 0.3) is 0 Å². The summed E-state index contributed by atoms with van der Waals surface area (Å²) < 4.78 is 4.97. The molecule has 9 atom stereocenters. The van der Waals surface area contributed by atoms with Crippen LogP contribution in [0.1, 0.15) is 72.6 Å². The second-order valence-electron chi connectivity index (χ2n) is 11.4. The molecule has 3 rings (SSSR count). The highest BCUT2D eigenvalue weighted by Gasteiger charge is 2.77. The molecule has 3 heterocycles. The van der Waals surface area contributed by atoms with Crippen molar-refractivity contribution < 1.29 is 24.2 Å². The van der Waals surface area contributed by atoms with E-state index >= 15 is 0 Å². The maximum atomic E-state index is 14.6. The number of rotatable bonds is 16. The van der Waals surface area contributed by atoms with Crippen LogP contribution in [0.15, 0.2) is 25.3 Å². The van der Waals surface area contributed by atoms with E-state index in [2.05, 4.69) is 36.0 Å². The van der Waals surface area contributed by atoms with Gasteiger partial charge in [0, 0.05) is 22.7 Å². The SMILES string of the molecule is C=CCCCCOC(=O)[C@H]1[C@@H]2SC3(CC2Br)C(C(=O)N(CC=C)C(C)CCC)N([C@@H](CO)[C@@H](C)CC)C(=O)[C@H]13. The summed E-state index contributed by atoms with van der Waals surface area (Å²) in [7, 11) is 0. The molecule has 9 heteroatoms. The van der Waals surface area contributed by atoms with Crippen molar-refractivity contribution in [3.63, 3.8) is 0 Å². The molecular weight excluding hydrogens is 580 g/mol. The number of aliphatic hydroxyl groups excluding tert-OH is 1. The van der Waals surface area contributed by atoms with Crippen LogP contribution in [0, 0.1) is 17.8 Å². The highest BCUT2D eigenvalue weighted by molar-refractivity contribution is 9.09. The minimum atomic E-state index is -0.763. The normalized spacial score (nSPS) is 31.5. The predicted octanol–water partition coefficient (Wildman–Crippen LogP) is 4.96. The van der Waals surface area contributed by atoms with Crippen molar-refractivity contribution in [3.05, 3.63) is 25.3 Å². The van der Waals surface area contributed by atoms with Gasteiger partial charge in [-0.3, -0.25) is 14.4 Å². The molecule has 0 radical (unpaired) electrons. The standard InChI is InChI=1S/C30H47BrN2O5S/c1-7-11-12-13-16-38-29(37)23-24-27(35)33(22(18-34)19(5)10-4)26(30(24)17-21(31)25(23)39-30)28(36)32(15-9-3)20(6)14-8-2/h7,9,19-26,34H,1,3,8,10-18H2,2,4-6H3/t19-,20?,21?,22-,23+,24-,25+,26?,30?/m0/s1. The smallest absolute Gasteiger partial charge is 0.310 e. The summed E-state index contributed by atoms with van der Waals surface area (Å²) in [4.78, 5) is 46.0. The molecule has 3 fully saturated rings. The van der Waals surface area contributed by atoms with Gasteiger partial charge >= 0.3 is 5.97 Å². The molecule has 0 aromatic carbocycles. The number of unbranched alkanes of at least 4 members (excludes halogenated alkanes) is 2. The summed E-state index contributed by atoms with van der Waals surface area (Å²) in [5.41, 5.74) is 0. The molecule has 2 amide bonds. The van der Waals surface area contributed by atoms with E-state index in [4.69, 9.17) is 4.74 Å². The van der Waals surface area contributed by atoms with Gasteiger partial charge in [0.05, 0.1) is 35.8 Å². The van der Waals surface area contributed by atoms with Crippen LogP contribution in [-0.2, 0) is 19.1 Å². The summed E-state index contributed by atoms with van der Waals surface area (Å²) in [5.74, 6) is -1.95. The Labute approximate surface area is 247 Å². The van der Waals surface area contributed by atoms with Crippen molar-refractivity contribution in [3.8, 4) is 0 Å². The van der Waals surface area contributed by atoms with Gasteiger partial charge in [-0.2, -0.15) is 0 Å². The average molecular weight is 628 g/mol. The van der Waals surface area contributed by atoms with E-state index in [0.29, 0.717) is 19.6 Å². The van der Waals surface area contributed by atoms with Gasteiger partial charge in [0.1, 0.15) is 6.04 Å². The Bertz CT molecular complexity index is 918. The highest BCUT2D eigenvalue weighted by atomic mass is 79.9. The van der Waals surface area contributed by atoms with Gasteiger partial charge in [0.2, 0.25) is 11.8 Å². The maximum Gasteiger partial charge on any atom is 0.310 e. The molecule has 2 bridgehead atoms. The first-order valence-electron chi connectivity index (χ1n) is 14.6. The van der Waals surface area contributed by atoms with E-state index in [1.807, 2.05) is 31.7 Å². The first-order valence-corrected chi connectivity index (χ1v) is 16.4. The fourth-order valence-corrected chi connectivity index (χ4v) is 10.4. The molecule has 0 aromatic rings. The molecule has 4 unspecified atom stereocenters. The summed E-state index contributed by atoms with van der Waals surface area (Å²) in [5, 5.41) is 10.4. The lowest BCUT2D eigenvalue weighted by Gasteiger charge is -2.42. The minimum Gasteiger partial charge on any atom is -0.465 e. The number of halogens is 1. The first-order chi connectivity index (χ1) is 18.6. The molecule has 3 aliphatic rings. The van der Waals surface area contributed by atoms with E-state index in [9.17, 15) is 19.5 Å². The van der Waals surface area contributed by atoms with Gasteiger partial charge in [-0.05, 0) is 44.9 Å². The molecule has 3 aliphatic heterocycles. The van der Waals surface area contributed by atoms with Gasteiger partial charge in [0.15, 0.2) is 0 Å². The third-order valence-corrected chi connectivity index (χ3v) is 12.2. The second kappa shape index (κ2) is 14.0. The Kier molecular flexibility index (Phi) is 11.6.